The lowest BCUT2D eigenvalue weighted by atomic mass is 10.6. The van der Waals surface area contributed by atoms with Gasteiger partial charge in [0.05, 0.1) is 7.11 Å². The van der Waals surface area contributed by atoms with Crippen LogP contribution in [0.5, 0.6) is 0 Å². The number of fused-ring (bicyclic) bond motifs is 1. The molecular formula is C7H8N4O4. The molecule has 0 amide bonds. The van der Waals surface area contributed by atoms with Gasteiger partial charge in [0.2, 0.25) is 0 Å². The summed E-state index contributed by atoms with van der Waals surface area (Å²) in [7, 11) is 1.22. The molecule has 0 aromatic carbocycles. The number of hydrogen-bond acceptors (Lipinski definition) is 4. The van der Waals surface area contributed by atoms with E-state index in [2.05, 4.69) is 19.7 Å². The number of imidazole rings is 2. The fourth-order valence-corrected chi connectivity index (χ4v) is 1.29. The van der Waals surface area contributed by atoms with Gasteiger partial charge in [0.15, 0.2) is 11.3 Å². The van der Waals surface area contributed by atoms with Gasteiger partial charge in [-0.05, 0) is 0 Å². The Balaban J connectivity index is 2.57. The second kappa shape index (κ2) is 3.15. The van der Waals surface area contributed by atoms with E-state index in [4.69, 9.17) is 0 Å². The Morgan fingerprint density at radius 1 is 1.33 bits per heavy atom. The third kappa shape index (κ3) is 1.45. The zero-order valence-electron chi connectivity index (χ0n) is 7.79. The first-order chi connectivity index (χ1) is 7.11. The monoisotopic (exact) mass is 212 g/mol. The molecule has 0 spiro atoms. The third-order valence-corrected chi connectivity index (χ3v) is 1.97. The van der Waals surface area contributed by atoms with Gasteiger partial charge < -0.3 is 4.74 Å². The normalized spacial score (nSPS) is 10.7. The molecule has 0 fully saturated rings. The molecule has 2 rings (SSSR count). The van der Waals surface area contributed by atoms with E-state index in [0.29, 0.717) is 0 Å². The average Bonchev–Trinajstić information content (AvgIpc) is 2.65. The van der Waals surface area contributed by atoms with Gasteiger partial charge in [0, 0.05) is 0 Å². The largest absolute Gasteiger partial charge is 0.468 e. The maximum atomic E-state index is 11.3. The van der Waals surface area contributed by atoms with Crippen molar-refractivity contribution in [3.8, 4) is 0 Å². The van der Waals surface area contributed by atoms with Crippen molar-refractivity contribution in [1.82, 2.24) is 19.5 Å². The van der Waals surface area contributed by atoms with E-state index >= 15 is 0 Å². The van der Waals surface area contributed by atoms with Gasteiger partial charge in [-0.25, -0.2) is 9.59 Å². The van der Waals surface area contributed by atoms with Crippen molar-refractivity contribution in [3.63, 3.8) is 0 Å². The minimum atomic E-state index is -0.569. The average molecular weight is 212 g/mol. The minimum absolute atomic E-state index is 0.246. The van der Waals surface area contributed by atoms with E-state index in [9.17, 15) is 14.4 Å². The number of nitrogens with zero attached hydrogens (tertiary/aromatic N) is 1. The summed E-state index contributed by atoms with van der Waals surface area (Å²) >= 11 is 0. The smallest absolute Gasteiger partial charge is 0.329 e. The summed E-state index contributed by atoms with van der Waals surface area (Å²) in [6.45, 7) is -0.247. The van der Waals surface area contributed by atoms with Gasteiger partial charge in [0.25, 0.3) is 0 Å². The summed E-state index contributed by atoms with van der Waals surface area (Å²) < 4.78 is 5.50. The molecule has 2 aromatic rings. The summed E-state index contributed by atoms with van der Waals surface area (Å²) in [6, 6.07) is 0. The van der Waals surface area contributed by atoms with E-state index in [-0.39, 0.29) is 17.8 Å². The lowest BCUT2D eigenvalue weighted by Gasteiger charge is -1.98. The topological polar surface area (TPSA) is 113 Å². The lowest BCUT2D eigenvalue weighted by Crippen LogP contribution is -2.23. The minimum Gasteiger partial charge on any atom is -0.468 e. The second-order valence-electron chi connectivity index (χ2n) is 2.90. The second-order valence-corrected chi connectivity index (χ2v) is 2.90. The number of rotatable bonds is 2. The predicted octanol–water partition coefficient (Wildman–Crippen LogP) is -1.48. The Hall–Kier alpha value is -2.25. The van der Waals surface area contributed by atoms with Gasteiger partial charge in [-0.3, -0.25) is 24.3 Å². The van der Waals surface area contributed by atoms with Crippen molar-refractivity contribution < 1.29 is 9.53 Å². The molecule has 0 bridgehead atoms. The molecule has 0 aliphatic carbocycles. The number of H-pyrrole nitrogens is 3. The van der Waals surface area contributed by atoms with E-state index in [1.54, 1.807) is 0 Å². The van der Waals surface area contributed by atoms with Crippen LogP contribution in [0.15, 0.2) is 9.59 Å². The van der Waals surface area contributed by atoms with Crippen LogP contribution in [0.2, 0.25) is 0 Å². The van der Waals surface area contributed by atoms with Crippen LogP contribution in [0, 0.1) is 0 Å². The highest BCUT2D eigenvalue weighted by Crippen LogP contribution is 2.00. The summed E-state index contributed by atoms with van der Waals surface area (Å²) in [5, 5.41) is 0. The maximum Gasteiger partial charge on any atom is 0.329 e. The highest BCUT2D eigenvalue weighted by Gasteiger charge is 2.12. The van der Waals surface area contributed by atoms with Gasteiger partial charge in [-0.1, -0.05) is 0 Å². The number of carbonyl (C=O) groups excluding carboxylic acids is 1. The molecule has 0 saturated heterocycles. The van der Waals surface area contributed by atoms with Crippen molar-refractivity contribution >= 4 is 17.3 Å². The summed E-state index contributed by atoms with van der Waals surface area (Å²) in [6.07, 6.45) is 0. The lowest BCUT2D eigenvalue weighted by molar-refractivity contribution is -0.141. The molecule has 0 atom stereocenters. The fraction of sp³-hybridized carbons (Fsp3) is 0.286. The van der Waals surface area contributed by atoms with Gasteiger partial charge in [0.1, 0.15) is 6.54 Å². The summed E-state index contributed by atoms with van der Waals surface area (Å²) in [5.41, 5.74) is -0.433. The molecule has 0 aliphatic rings. The highest BCUT2D eigenvalue weighted by atomic mass is 16.5. The molecule has 15 heavy (non-hydrogen) atoms. The number of esters is 1. The first-order valence-corrected chi connectivity index (χ1v) is 4.09. The SMILES string of the molecule is COC(=O)Cn1c(=O)[nH]c2[nH]c(=O)[nH]c21. The number of hydrogen-bond donors (Lipinski definition) is 3. The zero-order valence-corrected chi connectivity index (χ0v) is 7.79. The number of carbonyl (C=O) groups is 1. The van der Waals surface area contributed by atoms with E-state index in [1.165, 1.54) is 7.11 Å². The molecule has 0 saturated carbocycles. The molecule has 0 aliphatic heterocycles. The van der Waals surface area contributed by atoms with Crippen molar-refractivity contribution in [2.75, 3.05) is 7.11 Å². The van der Waals surface area contributed by atoms with E-state index in [1.807, 2.05) is 0 Å². The van der Waals surface area contributed by atoms with E-state index in [0.717, 1.165) is 4.57 Å². The molecule has 3 N–H and O–H groups in total. The molecule has 2 heterocycles. The van der Waals surface area contributed by atoms with Crippen LogP contribution in [0.3, 0.4) is 0 Å². The maximum absolute atomic E-state index is 11.3. The molecular weight excluding hydrogens is 204 g/mol. The Morgan fingerprint density at radius 3 is 2.73 bits per heavy atom. The number of nitrogens with one attached hydrogen (secondary N) is 3. The Bertz CT molecular complexity index is 613. The van der Waals surface area contributed by atoms with Gasteiger partial charge in [-0.2, -0.15) is 0 Å². The Morgan fingerprint density at radius 2 is 2.07 bits per heavy atom. The van der Waals surface area contributed by atoms with E-state index < -0.39 is 17.3 Å². The van der Waals surface area contributed by atoms with Gasteiger partial charge in [-0.15, -0.1) is 0 Å². The van der Waals surface area contributed by atoms with Crippen LogP contribution in [0.1, 0.15) is 0 Å². The summed E-state index contributed by atoms with van der Waals surface area (Å²) in [4.78, 5) is 40.4. The van der Waals surface area contributed by atoms with Crippen LogP contribution < -0.4 is 11.4 Å². The van der Waals surface area contributed by atoms with Crippen molar-refractivity contribution in [2.24, 2.45) is 0 Å². The molecule has 8 heteroatoms. The zero-order chi connectivity index (χ0) is 11.0. The molecule has 8 nitrogen and oxygen atoms in total. The molecule has 0 unspecified atom stereocenters. The number of aromatic amines is 3. The molecule has 2 aromatic heterocycles. The molecule has 0 radical (unpaired) electrons. The Kier molecular flexibility index (Phi) is 1.96. The number of ether oxygens (including phenoxy) is 1. The molecule has 80 valence electrons. The van der Waals surface area contributed by atoms with Crippen LogP contribution in [-0.4, -0.2) is 32.6 Å². The van der Waals surface area contributed by atoms with Crippen molar-refractivity contribution in [1.29, 1.82) is 0 Å². The fourth-order valence-electron chi connectivity index (χ4n) is 1.29. The van der Waals surface area contributed by atoms with Crippen molar-refractivity contribution in [3.05, 3.63) is 21.0 Å². The predicted molar refractivity (Wildman–Crippen MR) is 49.5 cm³/mol. The first-order valence-electron chi connectivity index (χ1n) is 4.09. The first kappa shape index (κ1) is 9.31. The quantitative estimate of drug-likeness (QED) is 0.527. The van der Waals surface area contributed by atoms with Crippen LogP contribution in [0.4, 0.5) is 0 Å². The number of aromatic nitrogens is 4. The van der Waals surface area contributed by atoms with Crippen LogP contribution >= 0.6 is 0 Å². The van der Waals surface area contributed by atoms with Crippen LogP contribution in [0.25, 0.3) is 11.3 Å². The standard InChI is InChI=1S/C7H8N4O4/c1-15-3(12)2-11-5-4(9-7(11)14)8-6(13)10-5/h2H2,1H3,(H,9,14)(H2,8,10,13). The van der Waals surface area contributed by atoms with Crippen LogP contribution in [-0.2, 0) is 16.1 Å². The highest BCUT2D eigenvalue weighted by molar-refractivity contribution is 5.72. The van der Waals surface area contributed by atoms with Crippen molar-refractivity contribution in [2.45, 2.75) is 6.54 Å². The third-order valence-electron chi connectivity index (χ3n) is 1.97. The number of methoxy groups -OCH3 is 1. The summed E-state index contributed by atoms with van der Waals surface area (Å²) in [5.74, 6) is -0.569. The Labute approximate surface area is 81.9 Å². The van der Waals surface area contributed by atoms with Gasteiger partial charge >= 0.3 is 17.3 Å².